The van der Waals surface area contributed by atoms with Gasteiger partial charge in [0.25, 0.3) is 0 Å². The van der Waals surface area contributed by atoms with Crippen LogP contribution >= 0.6 is 0 Å². The first kappa shape index (κ1) is 13.8. The molecule has 2 atom stereocenters. The van der Waals surface area contributed by atoms with E-state index in [1.54, 1.807) is 0 Å². The fourth-order valence-corrected chi connectivity index (χ4v) is 2.31. The zero-order chi connectivity index (χ0) is 14.2. The molecule has 0 aromatic heterocycles. The third kappa shape index (κ3) is 2.86. The number of carboxylic acids is 1. The van der Waals surface area contributed by atoms with Gasteiger partial charge in [0.15, 0.2) is 0 Å². The highest BCUT2D eigenvalue weighted by Gasteiger charge is 2.36. The topological polar surface area (TPSA) is 49.3 Å². The highest BCUT2D eigenvalue weighted by molar-refractivity contribution is 5.75. The first-order valence-corrected chi connectivity index (χ1v) is 5.63. The van der Waals surface area contributed by atoms with Crippen LogP contribution in [0.25, 0.3) is 0 Å². The van der Waals surface area contributed by atoms with Gasteiger partial charge in [-0.1, -0.05) is 0 Å². The molecule has 1 aromatic carbocycles. The lowest BCUT2D eigenvalue weighted by Gasteiger charge is -2.17. The van der Waals surface area contributed by atoms with E-state index in [1.807, 2.05) is 0 Å². The summed E-state index contributed by atoms with van der Waals surface area (Å²) < 4.78 is 51.0. The van der Waals surface area contributed by atoms with Crippen molar-refractivity contribution in [3.63, 3.8) is 0 Å². The summed E-state index contributed by atoms with van der Waals surface area (Å²) in [6.07, 6.45) is -4.29. The Morgan fingerprint density at radius 1 is 1.32 bits per heavy atom. The van der Waals surface area contributed by atoms with E-state index in [2.05, 4.69) is 5.32 Å². The molecule has 1 aliphatic rings. The molecule has 1 heterocycles. The summed E-state index contributed by atoms with van der Waals surface area (Å²) in [7, 11) is 0. The van der Waals surface area contributed by atoms with Gasteiger partial charge in [0.05, 0.1) is 5.56 Å². The second kappa shape index (κ2) is 4.80. The molecule has 0 spiro atoms. The molecule has 2 unspecified atom stereocenters. The highest BCUT2D eigenvalue weighted by Crippen LogP contribution is 2.35. The van der Waals surface area contributed by atoms with Gasteiger partial charge in [-0.3, -0.25) is 4.79 Å². The molecule has 19 heavy (non-hydrogen) atoms. The van der Waals surface area contributed by atoms with Gasteiger partial charge in [-0.25, -0.2) is 4.39 Å². The normalized spacial score (nSPS) is 23.6. The van der Waals surface area contributed by atoms with Gasteiger partial charge in [0.2, 0.25) is 0 Å². The van der Waals surface area contributed by atoms with Crippen LogP contribution < -0.4 is 5.32 Å². The number of hydrogen-bond donors (Lipinski definition) is 2. The molecule has 3 nitrogen and oxygen atoms in total. The third-order valence-corrected chi connectivity index (χ3v) is 3.16. The molecular formula is C12H11F4NO2. The van der Waals surface area contributed by atoms with Crippen LogP contribution in [-0.2, 0) is 11.0 Å². The minimum Gasteiger partial charge on any atom is -0.480 e. The van der Waals surface area contributed by atoms with Crippen LogP contribution in [0, 0.1) is 5.82 Å². The van der Waals surface area contributed by atoms with Crippen LogP contribution in [0.5, 0.6) is 0 Å². The second-order valence-corrected chi connectivity index (χ2v) is 4.44. The molecule has 1 fully saturated rings. The van der Waals surface area contributed by atoms with Gasteiger partial charge >= 0.3 is 12.1 Å². The van der Waals surface area contributed by atoms with Gasteiger partial charge in [-0.15, -0.1) is 0 Å². The molecule has 0 aliphatic carbocycles. The summed E-state index contributed by atoms with van der Waals surface area (Å²) in [5.74, 6) is -2.82. The Labute approximate surface area is 106 Å². The number of carboxylic acid groups (broad SMARTS) is 1. The van der Waals surface area contributed by atoms with Crippen LogP contribution in [0.4, 0.5) is 17.6 Å². The van der Waals surface area contributed by atoms with Gasteiger partial charge in [-0.05, 0) is 36.7 Å². The van der Waals surface area contributed by atoms with E-state index >= 15 is 0 Å². The number of rotatable bonds is 2. The minimum atomic E-state index is -4.65. The monoisotopic (exact) mass is 277 g/mol. The lowest BCUT2D eigenvalue weighted by atomic mass is 9.90. The lowest BCUT2D eigenvalue weighted by molar-refractivity contribution is -0.139. The van der Waals surface area contributed by atoms with E-state index in [-0.39, 0.29) is 5.56 Å². The smallest absolute Gasteiger partial charge is 0.416 e. The Balaban J connectivity index is 2.40. The van der Waals surface area contributed by atoms with Crippen molar-refractivity contribution in [2.75, 3.05) is 6.54 Å². The predicted octanol–water partition coefficient (Wildman–Crippen LogP) is 2.37. The summed E-state index contributed by atoms with van der Waals surface area (Å²) >= 11 is 0. The Morgan fingerprint density at radius 2 is 2.00 bits per heavy atom. The van der Waals surface area contributed by atoms with E-state index in [9.17, 15) is 22.4 Å². The number of hydrogen-bond acceptors (Lipinski definition) is 2. The zero-order valence-corrected chi connectivity index (χ0v) is 9.67. The minimum absolute atomic E-state index is 0.0599. The second-order valence-electron chi connectivity index (χ2n) is 4.44. The van der Waals surface area contributed by atoms with E-state index in [4.69, 9.17) is 5.11 Å². The first-order chi connectivity index (χ1) is 8.79. The fourth-order valence-electron chi connectivity index (χ4n) is 2.31. The summed E-state index contributed by atoms with van der Waals surface area (Å²) in [4.78, 5) is 11.0. The predicted molar refractivity (Wildman–Crippen MR) is 58.2 cm³/mol. The van der Waals surface area contributed by atoms with Crippen LogP contribution in [0.1, 0.15) is 23.5 Å². The molecule has 1 aromatic rings. The maximum Gasteiger partial charge on any atom is 0.416 e. The average molecular weight is 277 g/mol. The SMILES string of the molecule is O=C(O)C1NCCC1c1cc(F)cc(C(F)(F)F)c1. The zero-order valence-electron chi connectivity index (χ0n) is 9.67. The quantitative estimate of drug-likeness (QED) is 0.816. The number of halogens is 4. The summed E-state index contributed by atoms with van der Waals surface area (Å²) in [6, 6.07) is 1.20. The fraction of sp³-hybridized carbons (Fsp3) is 0.417. The summed E-state index contributed by atoms with van der Waals surface area (Å²) in [5, 5.41) is 11.6. The number of benzene rings is 1. The Bertz CT molecular complexity index is 501. The van der Waals surface area contributed by atoms with Crippen LogP contribution in [0.15, 0.2) is 18.2 Å². The van der Waals surface area contributed by atoms with Gasteiger partial charge in [-0.2, -0.15) is 13.2 Å². The first-order valence-electron chi connectivity index (χ1n) is 5.63. The van der Waals surface area contributed by atoms with Crippen molar-refractivity contribution in [1.82, 2.24) is 5.32 Å². The molecular weight excluding hydrogens is 266 g/mol. The van der Waals surface area contributed by atoms with E-state index < -0.39 is 35.5 Å². The van der Waals surface area contributed by atoms with Crippen LogP contribution in [0.2, 0.25) is 0 Å². The third-order valence-electron chi connectivity index (χ3n) is 3.16. The van der Waals surface area contributed by atoms with Crippen LogP contribution in [-0.4, -0.2) is 23.7 Å². The van der Waals surface area contributed by atoms with Crippen molar-refractivity contribution in [3.05, 3.63) is 35.1 Å². The number of alkyl halides is 3. The molecule has 0 radical (unpaired) electrons. The Morgan fingerprint density at radius 3 is 2.58 bits per heavy atom. The van der Waals surface area contributed by atoms with Crippen molar-refractivity contribution in [1.29, 1.82) is 0 Å². The summed E-state index contributed by atoms with van der Waals surface area (Å²) in [6.45, 7) is 0.375. The van der Waals surface area contributed by atoms with Crippen LogP contribution in [0.3, 0.4) is 0 Å². The van der Waals surface area contributed by atoms with E-state index in [0.29, 0.717) is 19.0 Å². The largest absolute Gasteiger partial charge is 0.480 e. The molecule has 7 heteroatoms. The molecule has 1 saturated heterocycles. The number of carbonyl (C=O) groups is 1. The van der Waals surface area contributed by atoms with Crippen molar-refractivity contribution in [2.45, 2.75) is 24.6 Å². The molecule has 0 amide bonds. The molecule has 2 rings (SSSR count). The lowest BCUT2D eigenvalue weighted by Crippen LogP contribution is -2.34. The maximum absolute atomic E-state index is 13.3. The Kier molecular flexibility index (Phi) is 3.49. The van der Waals surface area contributed by atoms with E-state index in [1.165, 1.54) is 0 Å². The molecule has 0 bridgehead atoms. The molecule has 1 aliphatic heterocycles. The molecule has 104 valence electrons. The standard InChI is InChI=1S/C12H11F4NO2/c13-8-4-6(3-7(5-8)12(14,15)16)9-1-2-17-10(9)11(18)19/h3-5,9-10,17H,1-2H2,(H,18,19). The van der Waals surface area contributed by atoms with Crippen molar-refractivity contribution in [3.8, 4) is 0 Å². The van der Waals surface area contributed by atoms with E-state index in [0.717, 1.165) is 12.1 Å². The number of aliphatic carboxylic acids is 1. The van der Waals surface area contributed by atoms with Gasteiger partial charge in [0, 0.05) is 5.92 Å². The van der Waals surface area contributed by atoms with Crippen molar-refractivity contribution < 1.29 is 27.5 Å². The summed E-state index contributed by atoms with van der Waals surface area (Å²) in [5.41, 5.74) is -1.04. The Hall–Kier alpha value is -1.63. The van der Waals surface area contributed by atoms with Crippen molar-refractivity contribution >= 4 is 5.97 Å². The number of nitrogens with one attached hydrogen (secondary N) is 1. The van der Waals surface area contributed by atoms with Crippen molar-refractivity contribution in [2.24, 2.45) is 0 Å². The highest BCUT2D eigenvalue weighted by atomic mass is 19.4. The molecule has 0 saturated carbocycles. The van der Waals surface area contributed by atoms with Gasteiger partial charge < -0.3 is 10.4 Å². The van der Waals surface area contributed by atoms with Gasteiger partial charge in [0.1, 0.15) is 11.9 Å². The molecule has 2 N–H and O–H groups in total. The maximum atomic E-state index is 13.3. The average Bonchev–Trinajstić information content (AvgIpc) is 2.75.